The molecule has 168 valence electrons. The van der Waals surface area contributed by atoms with E-state index in [2.05, 4.69) is 71.6 Å². The predicted molar refractivity (Wildman–Crippen MR) is 134 cm³/mol. The van der Waals surface area contributed by atoms with Crippen LogP contribution >= 0.6 is 11.6 Å². The highest BCUT2D eigenvalue weighted by Gasteiger charge is 2.17. The summed E-state index contributed by atoms with van der Waals surface area (Å²) in [5.41, 5.74) is 4.27. The van der Waals surface area contributed by atoms with Crippen LogP contribution in [-0.4, -0.2) is 72.1 Å². The standard InChI is InChI=1S/C25H36ClN5/c1-5-29(6-2)15-17-31(18-16-30(7-3)8-4)24-12-10-9-11-21(24)25-27-22-14-13-20(26)19-23(22)28-25/h9-14,19H,5-8,15-18H2,1-4H3,(H,27,28). The molecule has 6 heteroatoms. The van der Waals surface area contributed by atoms with E-state index >= 15 is 0 Å². The molecule has 0 saturated carbocycles. The summed E-state index contributed by atoms with van der Waals surface area (Å²) in [5.74, 6) is 0.892. The lowest BCUT2D eigenvalue weighted by Gasteiger charge is -2.31. The molecule has 0 unspecified atom stereocenters. The van der Waals surface area contributed by atoms with Crippen LogP contribution in [0.3, 0.4) is 0 Å². The molecule has 0 saturated heterocycles. The van der Waals surface area contributed by atoms with E-state index in [-0.39, 0.29) is 0 Å². The third-order valence-corrected chi connectivity index (χ3v) is 6.34. The average Bonchev–Trinajstić information content (AvgIpc) is 3.22. The minimum Gasteiger partial charge on any atom is -0.368 e. The van der Waals surface area contributed by atoms with Crippen LogP contribution in [0.4, 0.5) is 5.69 Å². The van der Waals surface area contributed by atoms with Crippen LogP contribution in [-0.2, 0) is 0 Å². The molecule has 5 nitrogen and oxygen atoms in total. The molecule has 1 heterocycles. The van der Waals surface area contributed by atoms with Gasteiger partial charge in [0.15, 0.2) is 0 Å². The Labute approximate surface area is 192 Å². The van der Waals surface area contributed by atoms with Gasteiger partial charge in [-0.2, -0.15) is 0 Å². The Morgan fingerprint density at radius 1 is 0.806 bits per heavy atom. The third-order valence-electron chi connectivity index (χ3n) is 6.11. The van der Waals surface area contributed by atoms with Gasteiger partial charge in [0.25, 0.3) is 0 Å². The number of para-hydroxylation sites is 1. The first-order valence-electron chi connectivity index (χ1n) is 11.5. The normalized spacial score (nSPS) is 11.7. The maximum Gasteiger partial charge on any atom is 0.140 e. The summed E-state index contributed by atoms with van der Waals surface area (Å²) >= 11 is 6.18. The van der Waals surface area contributed by atoms with Crippen LogP contribution in [0, 0.1) is 0 Å². The van der Waals surface area contributed by atoms with E-state index < -0.39 is 0 Å². The molecule has 2 aromatic carbocycles. The quantitative estimate of drug-likeness (QED) is 0.410. The van der Waals surface area contributed by atoms with E-state index in [0.717, 1.165) is 74.8 Å². The molecule has 1 N–H and O–H groups in total. The van der Waals surface area contributed by atoms with E-state index in [1.807, 2.05) is 18.2 Å². The molecule has 0 aliphatic carbocycles. The summed E-state index contributed by atoms with van der Waals surface area (Å²) < 4.78 is 0. The Kier molecular flexibility index (Phi) is 8.76. The first kappa shape index (κ1) is 23.6. The Morgan fingerprint density at radius 2 is 1.42 bits per heavy atom. The van der Waals surface area contributed by atoms with Gasteiger partial charge in [0.2, 0.25) is 0 Å². The second-order valence-corrected chi connectivity index (χ2v) is 8.24. The molecule has 0 fully saturated rings. The van der Waals surface area contributed by atoms with Crippen LogP contribution in [0.5, 0.6) is 0 Å². The minimum atomic E-state index is 0.707. The van der Waals surface area contributed by atoms with Gasteiger partial charge in [0, 0.05) is 42.5 Å². The van der Waals surface area contributed by atoms with E-state index in [1.54, 1.807) is 0 Å². The fourth-order valence-electron chi connectivity index (χ4n) is 4.01. The number of anilines is 1. The summed E-state index contributed by atoms with van der Waals surface area (Å²) in [7, 11) is 0. The molecular weight excluding hydrogens is 406 g/mol. The smallest absolute Gasteiger partial charge is 0.140 e. The number of aromatic amines is 1. The third kappa shape index (κ3) is 6.00. The van der Waals surface area contributed by atoms with Gasteiger partial charge in [-0.25, -0.2) is 4.98 Å². The number of hydrogen-bond acceptors (Lipinski definition) is 4. The topological polar surface area (TPSA) is 38.4 Å². The number of fused-ring (bicyclic) bond motifs is 1. The highest BCUT2D eigenvalue weighted by Crippen LogP contribution is 2.31. The molecule has 0 radical (unpaired) electrons. The van der Waals surface area contributed by atoms with Gasteiger partial charge in [-0.05, 0) is 56.5 Å². The number of likely N-dealkylation sites (N-methyl/N-ethyl adjacent to an activating group) is 2. The maximum absolute atomic E-state index is 6.18. The number of aromatic nitrogens is 2. The van der Waals surface area contributed by atoms with Crippen molar-refractivity contribution in [3.05, 3.63) is 47.5 Å². The van der Waals surface area contributed by atoms with Gasteiger partial charge in [-0.1, -0.05) is 51.4 Å². The number of hydrogen-bond donors (Lipinski definition) is 1. The molecule has 0 aliphatic heterocycles. The molecule has 0 bridgehead atoms. The van der Waals surface area contributed by atoms with Crippen molar-refractivity contribution in [1.29, 1.82) is 0 Å². The Bertz CT molecular complexity index is 930. The van der Waals surface area contributed by atoms with Crippen molar-refractivity contribution in [3.8, 4) is 11.4 Å². The second-order valence-electron chi connectivity index (χ2n) is 7.80. The zero-order chi connectivity index (χ0) is 22.2. The SMILES string of the molecule is CCN(CC)CCN(CCN(CC)CC)c1ccccc1-c1nc2cc(Cl)ccc2[nH]1. The largest absolute Gasteiger partial charge is 0.368 e. The second kappa shape index (κ2) is 11.5. The molecule has 0 spiro atoms. The van der Waals surface area contributed by atoms with Crippen LogP contribution in [0.2, 0.25) is 5.02 Å². The van der Waals surface area contributed by atoms with Gasteiger partial charge in [-0.15, -0.1) is 0 Å². The summed E-state index contributed by atoms with van der Waals surface area (Å²) in [6.45, 7) is 17.3. The lowest BCUT2D eigenvalue weighted by molar-refractivity contribution is 0.294. The van der Waals surface area contributed by atoms with E-state index in [1.165, 1.54) is 5.69 Å². The van der Waals surface area contributed by atoms with E-state index in [0.29, 0.717) is 5.02 Å². The van der Waals surface area contributed by atoms with Gasteiger partial charge in [-0.3, -0.25) is 0 Å². The summed E-state index contributed by atoms with van der Waals surface area (Å²) in [6, 6.07) is 14.4. The van der Waals surface area contributed by atoms with Gasteiger partial charge >= 0.3 is 0 Å². The molecule has 0 atom stereocenters. The van der Waals surface area contributed by atoms with Crippen LogP contribution in [0.15, 0.2) is 42.5 Å². The van der Waals surface area contributed by atoms with Crippen molar-refractivity contribution < 1.29 is 0 Å². The van der Waals surface area contributed by atoms with Crippen LogP contribution in [0.25, 0.3) is 22.4 Å². The van der Waals surface area contributed by atoms with Crippen molar-refractivity contribution >= 4 is 28.3 Å². The van der Waals surface area contributed by atoms with Crippen molar-refractivity contribution in [2.24, 2.45) is 0 Å². The zero-order valence-electron chi connectivity index (χ0n) is 19.4. The molecule has 31 heavy (non-hydrogen) atoms. The van der Waals surface area contributed by atoms with Crippen LogP contribution < -0.4 is 4.90 Å². The fourth-order valence-corrected chi connectivity index (χ4v) is 4.18. The van der Waals surface area contributed by atoms with Gasteiger partial charge < -0.3 is 19.7 Å². The lowest BCUT2D eigenvalue weighted by atomic mass is 10.1. The molecule has 0 aliphatic rings. The molecule has 3 rings (SSSR count). The summed E-state index contributed by atoms with van der Waals surface area (Å²) in [5, 5.41) is 0.707. The van der Waals surface area contributed by atoms with Crippen LogP contribution in [0.1, 0.15) is 27.7 Å². The number of nitrogens with zero attached hydrogens (tertiary/aromatic N) is 4. The Morgan fingerprint density at radius 3 is 2.03 bits per heavy atom. The molecule has 3 aromatic rings. The Hall–Kier alpha value is -2.08. The number of halogens is 1. The predicted octanol–water partition coefficient (Wildman–Crippen LogP) is 5.37. The number of nitrogens with one attached hydrogen (secondary N) is 1. The van der Waals surface area contributed by atoms with Crippen molar-refractivity contribution in [3.63, 3.8) is 0 Å². The van der Waals surface area contributed by atoms with Crippen molar-refractivity contribution in [1.82, 2.24) is 19.8 Å². The van der Waals surface area contributed by atoms with Gasteiger partial charge in [0.1, 0.15) is 5.82 Å². The first-order chi connectivity index (χ1) is 15.1. The fraction of sp³-hybridized carbons (Fsp3) is 0.480. The lowest BCUT2D eigenvalue weighted by Crippen LogP contribution is -2.40. The number of imidazole rings is 1. The number of rotatable bonds is 12. The molecule has 1 aromatic heterocycles. The maximum atomic E-state index is 6.18. The highest BCUT2D eigenvalue weighted by atomic mass is 35.5. The molecular formula is C25H36ClN5. The average molecular weight is 442 g/mol. The highest BCUT2D eigenvalue weighted by molar-refractivity contribution is 6.31. The Balaban J connectivity index is 1.93. The molecule has 0 amide bonds. The van der Waals surface area contributed by atoms with Crippen molar-refractivity contribution in [2.75, 3.05) is 57.3 Å². The number of H-pyrrole nitrogens is 1. The minimum absolute atomic E-state index is 0.707. The zero-order valence-corrected chi connectivity index (χ0v) is 20.1. The number of benzene rings is 2. The summed E-state index contributed by atoms with van der Waals surface area (Å²) in [6.07, 6.45) is 0. The van der Waals surface area contributed by atoms with Crippen molar-refractivity contribution in [2.45, 2.75) is 27.7 Å². The van der Waals surface area contributed by atoms with E-state index in [9.17, 15) is 0 Å². The summed E-state index contributed by atoms with van der Waals surface area (Å²) in [4.78, 5) is 15.8. The van der Waals surface area contributed by atoms with Gasteiger partial charge in [0.05, 0.1) is 11.0 Å². The first-order valence-corrected chi connectivity index (χ1v) is 11.9. The monoisotopic (exact) mass is 441 g/mol. The van der Waals surface area contributed by atoms with E-state index in [4.69, 9.17) is 16.6 Å².